The van der Waals surface area contributed by atoms with Crippen LogP contribution in [0, 0.1) is 3.82 Å². The maximum atomic E-state index is 5.45. The van der Waals surface area contributed by atoms with E-state index in [1.54, 1.807) is 11.5 Å². The molecular formula is C15H11NS2. The second kappa shape index (κ2) is 4.88. The minimum atomic E-state index is 0.921. The molecule has 0 radical (unpaired) electrons. The Balaban J connectivity index is 2.10. The van der Waals surface area contributed by atoms with Gasteiger partial charge in [0, 0.05) is 11.8 Å². The summed E-state index contributed by atoms with van der Waals surface area (Å²) in [6.45, 7) is 0. The summed E-state index contributed by atoms with van der Waals surface area (Å²) >= 11 is 7.05. The van der Waals surface area contributed by atoms with Crippen LogP contribution in [0.5, 0.6) is 0 Å². The lowest BCUT2D eigenvalue weighted by atomic mass is 10.1. The molecule has 0 saturated heterocycles. The number of para-hydroxylation sites is 1. The summed E-state index contributed by atoms with van der Waals surface area (Å²) < 4.78 is 3.04. The first kappa shape index (κ1) is 11.4. The average Bonchev–Trinajstić information content (AvgIpc) is 2.83. The number of aromatic nitrogens is 1. The molecule has 0 bridgehead atoms. The lowest BCUT2D eigenvalue weighted by Gasteiger charge is -1.99. The van der Waals surface area contributed by atoms with E-state index in [0.717, 1.165) is 15.1 Å². The van der Waals surface area contributed by atoms with Crippen LogP contribution in [0.25, 0.3) is 16.8 Å². The molecule has 2 aromatic carbocycles. The number of benzene rings is 2. The molecule has 18 heavy (non-hydrogen) atoms. The van der Waals surface area contributed by atoms with Crippen LogP contribution in [0.2, 0.25) is 0 Å². The van der Waals surface area contributed by atoms with Gasteiger partial charge in [0.25, 0.3) is 0 Å². The van der Waals surface area contributed by atoms with E-state index in [2.05, 4.69) is 34.4 Å². The minimum absolute atomic E-state index is 0.921. The first-order valence-corrected chi connectivity index (χ1v) is 6.86. The maximum Gasteiger partial charge on any atom is 0.117 e. The van der Waals surface area contributed by atoms with E-state index < -0.39 is 0 Å². The molecule has 0 unspecified atom stereocenters. The molecule has 0 atom stereocenters. The van der Waals surface area contributed by atoms with Gasteiger partial charge < -0.3 is 0 Å². The van der Waals surface area contributed by atoms with Gasteiger partial charge in [-0.3, -0.25) is 3.96 Å². The molecule has 0 aliphatic heterocycles. The Bertz CT molecular complexity index is 696. The van der Waals surface area contributed by atoms with Crippen LogP contribution in [0.1, 0.15) is 0 Å². The van der Waals surface area contributed by atoms with Crippen LogP contribution in [-0.4, -0.2) is 3.96 Å². The van der Waals surface area contributed by atoms with Gasteiger partial charge >= 0.3 is 0 Å². The van der Waals surface area contributed by atoms with Gasteiger partial charge in [-0.05, 0) is 29.2 Å². The highest BCUT2D eigenvalue weighted by Gasteiger charge is 2.05. The number of hydrogen-bond donors (Lipinski definition) is 0. The summed E-state index contributed by atoms with van der Waals surface area (Å²) in [6.07, 6.45) is 2.11. The van der Waals surface area contributed by atoms with E-state index >= 15 is 0 Å². The largest absolute Gasteiger partial charge is 0.272 e. The molecule has 1 aromatic heterocycles. The third-order valence-electron chi connectivity index (χ3n) is 2.74. The number of hydrogen-bond acceptors (Lipinski definition) is 2. The minimum Gasteiger partial charge on any atom is -0.272 e. The molecule has 0 spiro atoms. The van der Waals surface area contributed by atoms with Crippen molar-refractivity contribution in [2.45, 2.75) is 0 Å². The highest BCUT2D eigenvalue weighted by atomic mass is 32.2. The molecule has 0 aliphatic carbocycles. The van der Waals surface area contributed by atoms with Crippen LogP contribution >= 0.6 is 23.8 Å². The van der Waals surface area contributed by atoms with E-state index in [1.165, 1.54) is 5.56 Å². The summed E-state index contributed by atoms with van der Waals surface area (Å²) in [4.78, 5) is 0. The summed E-state index contributed by atoms with van der Waals surface area (Å²) in [5, 5.41) is 0. The fourth-order valence-corrected chi connectivity index (χ4v) is 3.09. The first-order valence-electron chi connectivity index (χ1n) is 5.68. The smallest absolute Gasteiger partial charge is 0.117 e. The zero-order chi connectivity index (χ0) is 12.4. The zero-order valence-electron chi connectivity index (χ0n) is 9.61. The summed E-state index contributed by atoms with van der Waals surface area (Å²) in [7, 11) is 0. The van der Waals surface area contributed by atoms with Gasteiger partial charge in [0.2, 0.25) is 0 Å². The van der Waals surface area contributed by atoms with Gasteiger partial charge in [0.05, 0.1) is 5.69 Å². The molecule has 1 nitrogen and oxygen atoms in total. The number of nitrogens with zero attached hydrogens (tertiary/aromatic N) is 1. The topological polar surface area (TPSA) is 4.93 Å². The molecule has 0 amide bonds. The predicted octanol–water partition coefficient (Wildman–Crippen LogP) is 4.94. The van der Waals surface area contributed by atoms with Crippen molar-refractivity contribution < 1.29 is 0 Å². The molecule has 0 fully saturated rings. The van der Waals surface area contributed by atoms with Crippen molar-refractivity contribution in [2.24, 2.45) is 0 Å². The highest BCUT2D eigenvalue weighted by Crippen LogP contribution is 2.26. The SMILES string of the molecule is S=c1sn(-c2ccccc2)cc1-c1ccccc1. The molecule has 0 aliphatic rings. The lowest BCUT2D eigenvalue weighted by molar-refractivity contribution is 1.20. The van der Waals surface area contributed by atoms with Gasteiger partial charge in [-0.2, -0.15) is 0 Å². The average molecular weight is 269 g/mol. The molecular weight excluding hydrogens is 258 g/mol. The molecule has 0 N–H and O–H groups in total. The molecule has 0 saturated carbocycles. The maximum absolute atomic E-state index is 5.45. The van der Waals surface area contributed by atoms with E-state index in [4.69, 9.17) is 12.2 Å². The van der Waals surface area contributed by atoms with Gasteiger partial charge in [0.15, 0.2) is 0 Å². The summed E-state index contributed by atoms with van der Waals surface area (Å²) in [5.74, 6) is 0. The van der Waals surface area contributed by atoms with Crippen LogP contribution < -0.4 is 0 Å². The van der Waals surface area contributed by atoms with E-state index in [1.807, 2.05) is 36.4 Å². The van der Waals surface area contributed by atoms with Gasteiger partial charge in [0.1, 0.15) is 3.82 Å². The summed E-state index contributed by atoms with van der Waals surface area (Å²) in [6, 6.07) is 20.5. The molecule has 3 rings (SSSR count). The van der Waals surface area contributed by atoms with E-state index in [0.29, 0.717) is 0 Å². The van der Waals surface area contributed by atoms with Gasteiger partial charge in [-0.15, -0.1) is 0 Å². The molecule has 3 aromatic rings. The van der Waals surface area contributed by atoms with E-state index in [9.17, 15) is 0 Å². The fraction of sp³-hybridized carbons (Fsp3) is 0. The molecule has 3 heteroatoms. The predicted molar refractivity (Wildman–Crippen MR) is 79.9 cm³/mol. The van der Waals surface area contributed by atoms with Gasteiger partial charge in [-0.1, -0.05) is 60.7 Å². The van der Waals surface area contributed by atoms with E-state index in [-0.39, 0.29) is 0 Å². The van der Waals surface area contributed by atoms with Crippen molar-refractivity contribution in [1.82, 2.24) is 3.96 Å². The van der Waals surface area contributed by atoms with Crippen LogP contribution in [0.4, 0.5) is 0 Å². The van der Waals surface area contributed by atoms with Crippen molar-refractivity contribution in [2.75, 3.05) is 0 Å². The fourth-order valence-electron chi connectivity index (χ4n) is 1.85. The van der Waals surface area contributed by atoms with Gasteiger partial charge in [-0.25, -0.2) is 0 Å². The molecule has 1 heterocycles. The standard InChI is InChI=1S/C15H11NS2/c17-15-14(12-7-3-1-4-8-12)11-16(18-15)13-9-5-2-6-10-13/h1-11H. The Morgan fingerprint density at radius 3 is 2.11 bits per heavy atom. The van der Waals surface area contributed by atoms with Crippen LogP contribution in [-0.2, 0) is 0 Å². The quantitative estimate of drug-likeness (QED) is 0.597. The Morgan fingerprint density at radius 1 is 0.833 bits per heavy atom. The Kier molecular flexibility index (Phi) is 3.09. The van der Waals surface area contributed by atoms with Crippen molar-refractivity contribution in [3.8, 4) is 16.8 Å². The van der Waals surface area contributed by atoms with Crippen molar-refractivity contribution in [1.29, 1.82) is 0 Å². The zero-order valence-corrected chi connectivity index (χ0v) is 11.2. The monoisotopic (exact) mass is 269 g/mol. The Labute approximate surface area is 115 Å². The molecule has 88 valence electrons. The third kappa shape index (κ3) is 2.15. The van der Waals surface area contributed by atoms with Crippen LogP contribution in [0.3, 0.4) is 0 Å². The first-order chi connectivity index (χ1) is 8.84. The number of rotatable bonds is 2. The van der Waals surface area contributed by atoms with Crippen LogP contribution in [0.15, 0.2) is 66.9 Å². The Hall–Kier alpha value is -1.71. The highest BCUT2D eigenvalue weighted by molar-refractivity contribution is 7.73. The lowest BCUT2D eigenvalue weighted by Crippen LogP contribution is -1.85. The third-order valence-corrected chi connectivity index (χ3v) is 4.09. The van der Waals surface area contributed by atoms with Crippen molar-refractivity contribution >= 4 is 23.8 Å². The second-order valence-electron chi connectivity index (χ2n) is 3.95. The summed E-state index contributed by atoms with van der Waals surface area (Å²) in [5.41, 5.74) is 3.45. The normalized spacial score (nSPS) is 10.4. The second-order valence-corrected chi connectivity index (χ2v) is 5.60. The van der Waals surface area contributed by atoms with Crippen molar-refractivity contribution in [3.05, 3.63) is 70.7 Å². The Morgan fingerprint density at radius 2 is 1.44 bits per heavy atom. The van der Waals surface area contributed by atoms with Crippen molar-refractivity contribution in [3.63, 3.8) is 0 Å².